The minimum absolute atomic E-state index is 0.568. The van der Waals surface area contributed by atoms with Crippen molar-refractivity contribution in [1.82, 2.24) is 0 Å². The Kier molecular flexibility index (Phi) is 12.9. The van der Waals surface area contributed by atoms with E-state index in [1.165, 1.54) is 38.1 Å². The Bertz CT molecular complexity index is 148. The molecule has 17 heavy (non-hydrogen) atoms. The molecule has 0 spiro atoms. The monoisotopic (exact) mass is 280 g/mol. The summed E-state index contributed by atoms with van der Waals surface area (Å²) in [5, 5.41) is 0. The van der Waals surface area contributed by atoms with Gasteiger partial charge >= 0.3 is 19.3 Å². The van der Waals surface area contributed by atoms with Crippen LogP contribution < -0.4 is 0 Å². The lowest BCUT2D eigenvalue weighted by Gasteiger charge is -2.23. The molecule has 1 aliphatic carbocycles. The van der Waals surface area contributed by atoms with Crippen LogP contribution in [0.25, 0.3) is 0 Å². The van der Waals surface area contributed by atoms with Gasteiger partial charge in [-0.1, -0.05) is 32.1 Å². The molecular formula is C11H28O4Si2. The molecule has 4 nitrogen and oxygen atoms in total. The van der Waals surface area contributed by atoms with Crippen molar-refractivity contribution >= 4 is 19.3 Å². The zero-order valence-electron chi connectivity index (χ0n) is 11.7. The Morgan fingerprint density at radius 2 is 1.47 bits per heavy atom. The second-order valence-corrected chi connectivity index (χ2v) is 8.00. The van der Waals surface area contributed by atoms with Crippen molar-refractivity contribution in [3.8, 4) is 0 Å². The van der Waals surface area contributed by atoms with Gasteiger partial charge in [-0.3, -0.25) is 0 Å². The summed E-state index contributed by atoms with van der Waals surface area (Å²) in [6, 6.07) is 1.22. The Hall–Kier alpha value is 0.274. The predicted octanol–water partition coefficient (Wildman–Crippen LogP) is 1.36. The highest BCUT2D eigenvalue weighted by molar-refractivity contribution is 6.44. The van der Waals surface area contributed by atoms with E-state index in [-0.39, 0.29) is 0 Å². The lowest BCUT2D eigenvalue weighted by Crippen LogP contribution is -2.23. The van der Waals surface area contributed by atoms with E-state index in [0.717, 1.165) is 5.92 Å². The molecule has 0 aromatic rings. The second kappa shape index (κ2) is 12.7. The quantitative estimate of drug-likeness (QED) is 0.689. The second-order valence-electron chi connectivity index (χ2n) is 4.34. The van der Waals surface area contributed by atoms with Gasteiger partial charge < -0.3 is 17.7 Å². The van der Waals surface area contributed by atoms with Gasteiger partial charge in [0.1, 0.15) is 0 Å². The minimum atomic E-state index is -1.27. The fourth-order valence-corrected chi connectivity index (χ4v) is 3.93. The molecule has 0 aromatic heterocycles. The first-order chi connectivity index (χ1) is 8.28. The Morgan fingerprint density at radius 3 is 1.82 bits per heavy atom. The van der Waals surface area contributed by atoms with Gasteiger partial charge in [0.2, 0.25) is 0 Å². The minimum Gasteiger partial charge on any atom is -0.402 e. The van der Waals surface area contributed by atoms with Crippen molar-refractivity contribution in [2.24, 2.45) is 5.92 Å². The summed E-state index contributed by atoms with van der Waals surface area (Å²) in [5.74, 6) is 0.898. The van der Waals surface area contributed by atoms with Crippen LogP contribution in [0.3, 0.4) is 0 Å². The fraction of sp³-hybridized carbons (Fsp3) is 1.00. The highest BCUT2D eigenvalue weighted by Crippen LogP contribution is 2.27. The smallest absolute Gasteiger partial charge is 0.321 e. The molecule has 0 radical (unpaired) electrons. The van der Waals surface area contributed by atoms with E-state index < -0.39 is 19.3 Å². The molecule has 0 amide bonds. The lowest BCUT2D eigenvalue weighted by atomic mass is 9.91. The molecule has 0 aromatic carbocycles. The third-order valence-corrected chi connectivity index (χ3v) is 5.59. The molecule has 0 saturated heterocycles. The maximum atomic E-state index is 5.32. The third-order valence-electron chi connectivity index (χ3n) is 3.01. The summed E-state index contributed by atoms with van der Waals surface area (Å²) >= 11 is 0. The molecule has 0 atom stereocenters. The van der Waals surface area contributed by atoms with Crippen molar-refractivity contribution in [2.75, 3.05) is 28.4 Å². The van der Waals surface area contributed by atoms with Crippen molar-refractivity contribution < 1.29 is 17.7 Å². The molecule has 104 valence electrons. The molecule has 1 fully saturated rings. The van der Waals surface area contributed by atoms with Crippen molar-refractivity contribution in [3.05, 3.63) is 0 Å². The van der Waals surface area contributed by atoms with E-state index in [2.05, 4.69) is 8.85 Å². The van der Waals surface area contributed by atoms with Crippen molar-refractivity contribution in [1.29, 1.82) is 0 Å². The van der Waals surface area contributed by atoms with Crippen LogP contribution in [0.2, 0.25) is 6.04 Å². The molecular weight excluding hydrogens is 252 g/mol. The first-order valence-electron chi connectivity index (χ1n) is 6.31. The van der Waals surface area contributed by atoms with Crippen LogP contribution in [0.15, 0.2) is 0 Å². The third kappa shape index (κ3) is 9.93. The molecule has 0 aliphatic heterocycles. The molecule has 6 heteroatoms. The fourth-order valence-electron chi connectivity index (χ4n) is 2.10. The predicted molar refractivity (Wildman–Crippen MR) is 75.1 cm³/mol. The lowest BCUT2D eigenvalue weighted by molar-refractivity contribution is 0.259. The van der Waals surface area contributed by atoms with Crippen LogP contribution in [0.5, 0.6) is 0 Å². The molecule has 1 aliphatic rings. The number of rotatable bonds is 6. The SMILES string of the molecule is CO[SiH2]OC.CO[SiH](CC1CCCCC1)OC. The topological polar surface area (TPSA) is 36.9 Å². The van der Waals surface area contributed by atoms with Gasteiger partial charge in [0, 0.05) is 28.4 Å². The highest BCUT2D eigenvalue weighted by atomic mass is 28.3. The zero-order chi connectivity index (χ0) is 12.9. The number of hydrogen-bond donors (Lipinski definition) is 0. The molecule has 0 unspecified atom stereocenters. The first-order valence-corrected chi connectivity index (χ1v) is 9.23. The van der Waals surface area contributed by atoms with Crippen LogP contribution >= 0.6 is 0 Å². The van der Waals surface area contributed by atoms with E-state index in [1.807, 2.05) is 0 Å². The van der Waals surface area contributed by atoms with Crippen LogP contribution in [0.1, 0.15) is 32.1 Å². The molecule has 1 rings (SSSR count). The van der Waals surface area contributed by atoms with Gasteiger partial charge in [0.15, 0.2) is 0 Å². The van der Waals surface area contributed by atoms with Gasteiger partial charge in [-0.2, -0.15) is 0 Å². The Balaban J connectivity index is 0.000000437. The number of hydrogen-bond acceptors (Lipinski definition) is 4. The summed E-state index contributed by atoms with van der Waals surface area (Å²) in [7, 11) is 5.03. The van der Waals surface area contributed by atoms with Crippen LogP contribution in [0, 0.1) is 5.92 Å². The van der Waals surface area contributed by atoms with Crippen LogP contribution in [-0.4, -0.2) is 47.7 Å². The summed E-state index contributed by atoms with van der Waals surface area (Å²) in [5.41, 5.74) is 0. The highest BCUT2D eigenvalue weighted by Gasteiger charge is 2.20. The molecule has 0 N–H and O–H groups in total. The van der Waals surface area contributed by atoms with E-state index in [4.69, 9.17) is 8.85 Å². The van der Waals surface area contributed by atoms with E-state index >= 15 is 0 Å². The van der Waals surface area contributed by atoms with Gasteiger partial charge in [-0.15, -0.1) is 0 Å². The van der Waals surface area contributed by atoms with Gasteiger partial charge in [-0.05, 0) is 12.0 Å². The summed E-state index contributed by atoms with van der Waals surface area (Å²) < 4.78 is 19.9. The van der Waals surface area contributed by atoms with Gasteiger partial charge in [0.25, 0.3) is 0 Å². The maximum absolute atomic E-state index is 5.32. The van der Waals surface area contributed by atoms with Gasteiger partial charge in [0.05, 0.1) is 0 Å². The average Bonchev–Trinajstić information content (AvgIpc) is 2.39. The average molecular weight is 281 g/mol. The summed E-state index contributed by atoms with van der Waals surface area (Å²) in [6.45, 7) is 0. The van der Waals surface area contributed by atoms with E-state index in [1.54, 1.807) is 28.4 Å². The standard InChI is InChI=1S/C9H20O2Si.C2H8O2Si/c1-10-12(11-2)8-9-6-4-3-5-7-9;1-3-5-4-2/h9,12H,3-8H2,1-2H3;5H2,1-2H3. The van der Waals surface area contributed by atoms with Crippen LogP contribution in [0.4, 0.5) is 0 Å². The van der Waals surface area contributed by atoms with Crippen LogP contribution in [-0.2, 0) is 17.7 Å². The Morgan fingerprint density at radius 1 is 0.941 bits per heavy atom. The van der Waals surface area contributed by atoms with Crippen molar-refractivity contribution in [2.45, 2.75) is 38.1 Å². The molecule has 0 bridgehead atoms. The zero-order valence-corrected chi connectivity index (χ0v) is 14.3. The molecule has 1 saturated carbocycles. The van der Waals surface area contributed by atoms with Crippen molar-refractivity contribution in [3.63, 3.8) is 0 Å². The maximum Gasteiger partial charge on any atom is 0.321 e. The Labute approximate surface area is 110 Å². The summed E-state index contributed by atoms with van der Waals surface area (Å²) in [6.07, 6.45) is 7.06. The first kappa shape index (κ1) is 17.3. The molecule has 0 heterocycles. The van der Waals surface area contributed by atoms with E-state index in [0.29, 0.717) is 0 Å². The normalized spacial score (nSPS) is 16.8. The summed E-state index contributed by atoms with van der Waals surface area (Å²) in [4.78, 5) is 0. The van der Waals surface area contributed by atoms with Gasteiger partial charge in [-0.25, -0.2) is 0 Å². The largest absolute Gasteiger partial charge is 0.402 e. The van der Waals surface area contributed by atoms with E-state index in [9.17, 15) is 0 Å².